The zero-order chi connectivity index (χ0) is 20.5. The average Bonchev–Trinajstić information content (AvgIpc) is 3.35. The van der Waals surface area contributed by atoms with Crippen LogP contribution in [0.3, 0.4) is 0 Å². The summed E-state index contributed by atoms with van der Waals surface area (Å²) in [6.45, 7) is 0.443. The van der Waals surface area contributed by atoms with E-state index in [0.29, 0.717) is 46.7 Å². The summed E-state index contributed by atoms with van der Waals surface area (Å²) >= 11 is 0. The van der Waals surface area contributed by atoms with Crippen molar-refractivity contribution in [1.29, 1.82) is 0 Å². The van der Waals surface area contributed by atoms with Gasteiger partial charge in [-0.25, -0.2) is 4.98 Å². The molecule has 0 aliphatic heterocycles. The molecule has 0 atom stereocenters. The average molecular weight is 403 g/mol. The van der Waals surface area contributed by atoms with Gasteiger partial charge in [0.2, 0.25) is 11.9 Å². The third-order valence-corrected chi connectivity index (χ3v) is 5.35. The zero-order valence-corrected chi connectivity index (χ0v) is 16.2. The lowest BCUT2D eigenvalue weighted by Crippen LogP contribution is -2.12. The van der Waals surface area contributed by atoms with Gasteiger partial charge in [0, 0.05) is 35.9 Å². The Labute approximate surface area is 172 Å². The number of hydrogen-bond donors (Lipinski definition) is 4. The van der Waals surface area contributed by atoms with Crippen LogP contribution in [0.5, 0.6) is 0 Å². The van der Waals surface area contributed by atoms with Gasteiger partial charge in [0.15, 0.2) is 17.2 Å². The van der Waals surface area contributed by atoms with Crippen molar-refractivity contribution in [2.75, 3.05) is 10.6 Å². The number of fused-ring (bicyclic) bond motifs is 1. The van der Waals surface area contributed by atoms with Crippen LogP contribution in [0, 0.1) is 0 Å². The molecule has 9 heteroatoms. The molecule has 152 valence electrons. The summed E-state index contributed by atoms with van der Waals surface area (Å²) in [6.07, 6.45) is 5.24. The zero-order valence-electron chi connectivity index (χ0n) is 16.2. The van der Waals surface area contributed by atoms with Crippen LogP contribution in [0.2, 0.25) is 0 Å². The summed E-state index contributed by atoms with van der Waals surface area (Å²) in [5.41, 5.74) is 9.09. The molecule has 1 saturated carbocycles. The van der Waals surface area contributed by atoms with E-state index >= 15 is 0 Å². The molecular formula is C21H21N7O2. The summed E-state index contributed by atoms with van der Waals surface area (Å²) < 4.78 is 5.56. The van der Waals surface area contributed by atoms with Gasteiger partial charge in [-0.2, -0.15) is 10.1 Å². The van der Waals surface area contributed by atoms with E-state index in [1.54, 1.807) is 30.5 Å². The molecule has 0 radical (unpaired) electrons. The van der Waals surface area contributed by atoms with E-state index in [0.717, 1.165) is 11.3 Å². The number of aromatic nitrogens is 4. The highest BCUT2D eigenvalue weighted by molar-refractivity contribution is 5.92. The molecule has 1 fully saturated rings. The van der Waals surface area contributed by atoms with Crippen LogP contribution < -0.4 is 16.4 Å². The van der Waals surface area contributed by atoms with Crippen LogP contribution in [-0.4, -0.2) is 26.1 Å². The molecule has 1 aliphatic carbocycles. The van der Waals surface area contributed by atoms with E-state index in [1.807, 2.05) is 12.1 Å². The van der Waals surface area contributed by atoms with Crippen LogP contribution in [0.1, 0.15) is 46.8 Å². The molecular weight excluding hydrogens is 382 g/mol. The number of nitrogens with two attached hydrogens (primary N) is 1. The summed E-state index contributed by atoms with van der Waals surface area (Å²) in [7, 11) is 0. The number of nitrogens with zero attached hydrogens (tertiary/aromatic N) is 3. The maximum absolute atomic E-state index is 11.4. The van der Waals surface area contributed by atoms with E-state index in [1.165, 1.54) is 19.3 Å². The first-order chi connectivity index (χ1) is 14.7. The molecule has 5 rings (SSSR count). The predicted octanol–water partition coefficient (Wildman–Crippen LogP) is 3.67. The second-order valence-electron chi connectivity index (χ2n) is 7.41. The van der Waals surface area contributed by atoms with Crippen molar-refractivity contribution >= 4 is 34.6 Å². The first-order valence-corrected chi connectivity index (χ1v) is 9.86. The molecule has 0 spiro atoms. The van der Waals surface area contributed by atoms with Gasteiger partial charge in [-0.1, -0.05) is 18.6 Å². The minimum Gasteiger partial charge on any atom is -0.459 e. The Hall–Kier alpha value is -3.88. The lowest BCUT2D eigenvalue weighted by Gasteiger charge is -2.23. The number of carbonyl (C=O) groups is 1. The lowest BCUT2D eigenvalue weighted by molar-refractivity contribution is 0.1000. The highest BCUT2D eigenvalue weighted by Crippen LogP contribution is 2.36. The number of anilines is 3. The Balaban J connectivity index is 1.37. The number of rotatable bonds is 7. The molecule has 9 nitrogen and oxygen atoms in total. The molecule has 4 aromatic rings. The minimum atomic E-state index is -0.459. The molecule has 1 aliphatic rings. The number of carbonyl (C=O) groups excluding carboxylic acids is 1. The van der Waals surface area contributed by atoms with E-state index in [2.05, 4.69) is 30.8 Å². The van der Waals surface area contributed by atoms with Crippen molar-refractivity contribution in [3.63, 3.8) is 0 Å². The fraction of sp³-hybridized carbons (Fsp3) is 0.238. The smallest absolute Gasteiger partial charge is 0.248 e. The third kappa shape index (κ3) is 3.57. The first-order valence-electron chi connectivity index (χ1n) is 9.86. The fourth-order valence-electron chi connectivity index (χ4n) is 3.49. The monoisotopic (exact) mass is 403 g/mol. The summed E-state index contributed by atoms with van der Waals surface area (Å²) in [6, 6.07) is 10.9. The second kappa shape index (κ2) is 7.51. The lowest BCUT2D eigenvalue weighted by atomic mass is 9.83. The van der Waals surface area contributed by atoms with E-state index < -0.39 is 5.91 Å². The summed E-state index contributed by atoms with van der Waals surface area (Å²) in [5, 5.41) is 13.9. The van der Waals surface area contributed by atoms with Gasteiger partial charge in [-0.15, -0.1) is 0 Å². The number of furan rings is 1. The Morgan fingerprint density at radius 2 is 2.13 bits per heavy atom. The SMILES string of the molecule is NC(=O)c1cccc(CNc2nc(Nc3cc(C4CCC4)[nH]n3)c3occc3n2)c1. The van der Waals surface area contributed by atoms with Gasteiger partial charge in [0.1, 0.15) is 5.52 Å². The molecule has 0 saturated heterocycles. The maximum Gasteiger partial charge on any atom is 0.248 e. The molecule has 3 aromatic heterocycles. The van der Waals surface area contributed by atoms with Gasteiger partial charge in [-0.05, 0) is 30.5 Å². The van der Waals surface area contributed by atoms with Crippen molar-refractivity contribution in [3.05, 3.63) is 59.5 Å². The van der Waals surface area contributed by atoms with Crippen molar-refractivity contribution < 1.29 is 9.21 Å². The Kier molecular flexibility index (Phi) is 4.55. The molecule has 3 heterocycles. The molecule has 30 heavy (non-hydrogen) atoms. The Morgan fingerprint density at radius 1 is 1.23 bits per heavy atom. The van der Waals surface area contributed by atoms with Gasteiger partial charge >= 0.3 is 0 Å². The molecule has 1 aromatic carbocycles. The molecule has 1 amide bonds. The van der Waals surface area contributed by atoms with Crippen LogP contribution in [0.15, 0.2) is 47.1 Å². The fourth-order valence-corrected chi connectivity index (χ4v) is 3.49. The van der Waals surface area contributed by atoms with Crippen LogP contribution >= 0.6 is 0 Å². The summed E-state index contributed by atoms with van der Waals surface area (Å²) in [5.74, 6) is 1.76. The standard InChI is InChI=1S/C21H21N7O2/c22-19(29)14-6-1-3-12(9-14)11-23-21-24-15-7-8-30-18(15)20(26-21)25-17-10-16(27-28-17)13-4-2-5-13/h1,3,6-10,13H,2,4-5,11H2,(H2,22,29)(H3,23,24,25,26,27,28). The van der Waals surface area contributed by atoms with Crippen molar-refractivity contribution in [3.8, 4) is 0 Å². The number of benzene rings is 1. The minimum absolute atomic E-state index is 0.436. The summed E-state index contributed by atoms with van der Waals surface area (Å²) in [4.78, 5) is 20.4. The molecule has 5 N–H and O–H groups in total. The highest BCUT2D eigenvalue weighted by atomic mass is 16.3. The van der Waals surface area contributed by atoms with E-state index in [9.17, 15) is 4.79 Å². The topological polar surface area (TPSA) is 135 Å². The number of nitrogens with one attached hydrogen (secondary N) is 3. The van der Waals surface area contributed by atoms with Gasteiger partial charge in [0.25, 0.3) is 0 Å². The number of H-pyrrole nitrogens is 1. The molecule has 0 unspecified atom stereocenters. The number of hydrogen-bond acceptors (Lipinski definition) is 7. The number of aromatic amines is 1. The van der Waals surface area contributed by atoms with E-state index in [-0.39, 0.29) is 0 Å². The van der Waals surface area contributed by atoms with Crippen LogP contribution in [-0.2, 0) is 6.54 Å². The Bertz CT molecular complexity index is 1210. The first kappa shape index (κ1) is 18.2. The third-order valence-electron chi connectivity index (χ3n) is 5.35. The second-order valence-corrected chi connectivity index (χ2v) is 7.41. The highest BCUT2D eigenvalue weighted by Gasteiger charge is 2.22. The van der Waals surface area contributed by atoms with Gasteiger partial charge < -0.3 is 20.8 Å². The van der Waals surface area contributed by atoms with E-state index in [4.69, 9.17) is 10.2 Å². The number of amides is 1. The maximum atomic E-state index is 11.4. The van der Waals surface area contributed by atoms with Crippen molar-refractivity contribution in [1.82, 2.24) is 20.2 Å². The largest absolute Gasteiger partial charge is 0.459 e. The normalized spacial score (nSPS) is 13.9. The molecule has 0 bridgehead atoms. The van der Waals surface area contributed by atoms with Crippen molar-refractivity contribution in [2.24, 2.45) is 5.73 Å². The van der Waals surface area contributed by atoms with Gasteiger partial charge in [0.05, 0.1) is 6.26 Å². The van der Waals surface area contributed by atoms with Crippen LogP contribution in [0.4, 0.5) is 17.6 Å². The van der Waals surface area contributed by atoms with Crippen LogP contribution in [0.25, 0.3) is 11.1 Å². The van der Waals surface area contributed by atoms with Gasteiger partial charge in [-0.3, -0.25) is 9.89 Å². The quantitative estimate of drug-likeness (QED) is 0.370. The number of primary amides is 1. The van der Waals surface area contributed by atoms with Crippen molar-refractivity contribution in [2.45, 2.75) is 31.7 Å². The predicted molar refractivity (Wildman–Crippen MR) is 113 cm³/mol. The Morgan fingerprint density at radius 3 is 2.93 bits per heavy atom.